The molecule has 0 atom stereocenters. The molecule has 0 radical (unpaired) electrons. The smallest absolute Gasteiger partial charge is 0.252 e. The summed E-state index contributed by atoms with van der Waals surface area (Å²) >= 11 is 1.82. The van der Waals surface area contributed by atoms with Gasteiger partial charge in [0.2, 0.25) is 0 Å². The topological polar surface area (TPSA) is 76.2 Å². The van der Waals surface area contributed by atoms with Crippen molar-refractivity contribution in [3.05, 3.63) is 58.1 Å². The monoisotopic (exact) mass is 449 g/mol. The Labute approximate surface area is 191 Å². The number of rotatable bonds is 6. The van der Waals surface area contributed by atoms with Crippen LogP contribution in [0.5, 0.6) is 0 Å². The second kappa shape index (κ2) is 8.88. The zero-order valence-electron chi connectivity index (χ0n) is 18.4. The van der Waals surface area contributed by atoms with Crippen molar-refractivity contribution in [2.45, 2.75) is 26.3 Å². The quantitative estimate of drug-likeness (QED) is 0.476. The van der Waals surface area contributed by atoms with Crippen LogP contribution >= 0.6 is 11.3 Å². The maximum Gasteiger partial charge on any atom is 0.252 e. The van der Waals surface area contributed by atoms with Crippen LogP contribution in [-0.2, 0) is 13.6 Å². The maximum absolute atomic E-state index is 13.2. The molecule has 5 heterocycles. The van der Waals surface area contributed by atoms with Crippen molar-refractivity contribution in [2.75, 3.05) is 19.6 Å². The van der Waals surface area contributed by atoms with E-state index >= 15 is 0 Å². The molecule has 0 aliphatic carbocycles. The Morgan fingerprint density at radius 2 is 2.12 bits per heavy atom. The fraction of sp³-hybridized carbons (Fsp3) is 0.375. The van der Waals surface area contributed by atoms with Gasteiger partial charge in [0.25, 0.3) is 5.91 Å². The van der Waals surface area contributed by atoms with Crippen molar-refractivity contribution in [2.24, 2.45) is 13.0 Å². The molecule has 0 bridgehead atoms. The fourth-order valence-corrected chi connectivity index (χ4v) is 5.22. The van der Waals surface area contributed by atoms with Gasteiger partial charge in [0.1, 0.15) is 5.69 Å². The summed E-state index contributed by atoms with van der Waals surface area (Å²) in [7, 11) is 1.85. The molecule has 4 aromatic rings. The number of nitrogens with one attached hydrogen (secondary N) is 1. The summed E-state index contributed by atoms with van der Waals surface area (Å²) < 4.78 is 7.24. The highest BCUT2D eigenvalue weighted by Gasteiger charge is 2.23. The highest BCUT2D eigenvalue weighted by molar-refractivity contribution is 7.09. The number of carbonyl (C=O) groups excluding carboxylic acids is 1. The standard InChI is InChI=1S/C24H27N5O2S/c1-16-22-19(13-20(21-6-3-11-31-21)26-23(22)28(2)27-16)24(30)25-14-17-7-9-29(10-8-17)15-18-5-4-12-32-18/h3-6,11-13,17H,7-10,14-15H2,1-2H3,(H,25,30). The van der Waals surface area contributed by atoms with Gasteiger partial charge in [-0.2, -0.15) is 5.10 Å². The number of thiophene rings is 1. The number of piperidine rings is 1. The molecule has 1 aliphatic rings. The number of pyridine rings is 1. The predicted molar refractivity (Wildman–Crippen MR) is 126 cm³/mol. The summed E-state index contributed by atoms with van der Waals surface area (Å²) in [6.07, 6.45) is 3.81. The zero-order chi connectivity index (χ0) is 22.1. The highest BCUT2D eigenvalue weighted by Crippen LogP contribution is 2.27. The first kappa shape index (κ1) is 20.9. The van der Waals surface area contributed by atoms with E-state index in [1.54, 1.807) is 10.9 Å². The minimum Gasteiger partial charge on any atom is -0.463 e. The van der Waals surface area contributed by atoms with Crippen molar-refractivity contribution in [3.8, 4) is 11.5 Å². The van der Waals surface area contributed by atoms with Crippen LogP contribution in [0.2, 0.25) is 0 Å². The number of likely N-dealkylation sites (tertiary alicyclic amines) is 1. The normalized spacial score (nSPS) is 15.4. The van der Waals surface area contributed by atoms with E-state index < -0.39 is 0 Å². The molecule has 0 saturated carbocycles. The van der Waals surface area contributed by atoms with Crippen LogP contribution in [0.3, 0.4) is 0 Å². The van der Waals surface area contributed by atoms with Crippen molar-refractivity contribution in [3.63, 3.8) is 0 Å². The third kappa shape index (κ3) is 4.20. The molecule has 32 heavy (non-hydrogen) atoms. The first-order valence-corrected chi connectivity index (χ1v) is 11.9. The largest absolute Gasteiger partial charge is 0.463 e. The fourth-order valence-electron chi connectivity index (χ4n) is 4.48. The molecule has 1 fully saturated rings. The minimum absolute atomic E-state index is 0.0812. The van der Waals surface area contributed by atoms with Gasteiger partial charge >= 0.3 is 0 Å². The summed E-state index contributed by atoms with van der Waals surface area (Å²) in [4.78, 5) is 21.9. The zero-order valence-corrected chi connectivity index (χ0v) is 19.2. The Hall–Kier alpha value is -2.97. The number of aryl methyl sites for hydroxylation is 2. The van der Waals surface area contributed by atoms with Crippen molar-refractivity contribution in [1.82, 2.24) is 25.0 Å². The van der Waals surface area contributed by atoms with Crippen LogP contribution in [0.25, 0.3) is 22.5 Å². The summed E-state index contributed by atoms with van der Waals surface area (Å²) in [6.45, 7) is 5.77. The summed E-state index contributed by atoms with van der Waals surface area (Å²) in [5.41, 5.74) is 2.72. The third-order valence-corrected chi connectivity index (χ3v) is 7.07. The molecule has 1 N–H and O–H groups in total. The molecule has 8 heteroatoms. The molecule has 0 spiro atoms. The van der Waals surface area contributed by atoms with Crippen LogP contribution in [0.1, 0.15) is 33.8 Å². The van der Waals surface area contributed by atoms with Crippen molar-refractivity contribution in [1.29, 1.82) is 0 Å². The Morgan fingerprint density at radius 3 is 2.84 bits per heavy atom. The van der Waals surface area contributed by atoms with E-state index in [0.717, 1.165) is 43.6 Å². The van der Waals surface area contributed by atoms with Gasteiger partial charge in [0.05, 0.1) is 22.9 Å². The van der Waals surface area contributed by atoms with Gasteiger partial charge < -0.3 is 9.73 Å². The van der Waals surface area contributed by atoms with Crippen LogP contribution in [0.4, 0.5) is 0 Å². The third-order valence-electron chi connectivity index (χ3n) is 6.20. The van der Waals surface area contributed by atoms with E-state index in [0.29, 0.717) is 35.1 Å². The molecule has 1 amide bonds. The molecule has 4 aromatic heterocycles. The van der Waals surface area contributed by atoms with Gasteiger partial charge in [-0.3, -0.25) is 14.4 Å². The van der Waals surface area contributed by atoms with E-state index in [9.17, 15) is 4.79 Å². The summed E-state index contributed by atoms with van der Waals surface area (Å²) in [6, 6.07) is 9.79. The average molecular weight is 450 g/mol. The van der Waals surface area contributed by atoms with Gasteiger partial charge in [-0.15, -0.1) is 11.3 Å². The number of hydrogen-bond acceptors (Lipinski definition) is 6. The van der Waals surface area contributed by atoms with Crippen LogP contribution in [0.15, 0.2) is 46.4 Å². The molecular weight excluding hydrogens is 422 g/mol. The lowest BCUT2D eigenvalue weighted by atomic mass is 9.96. The number of nitrogens with zero attached hydrogens (tertiary/aromatic N) is 4. The lowest BCUT2D eigenvalue weighted by Crippen LogP contribution is -2.38. The molecule has 166 valence electrons. The van der Waals surface area contributed by atoms with Gasteiger partial charge in [0.15, 0.2) is 11.4 Å². The number of hydrogen-bond donors (Lipinski definition) is 1. The second-order valence-corrected chi connectivity index (χ2v) is 9.48. The number of fused-ring (bicyclic) bond motifs is 1. The van der Waals surface area contributed by atoms with E-state index in [-0.39, 0.29) is 5.91 Å². The van der Waals surface area contributed by atoms with Crippen LogP contribution in [-0.4, -0.2) is 45.2 Å². The lowest BCUT2D eigenvalue weighted by Gasteiger charge is -2.31. The highest BCUT2D eigenvalue weighted by atomic mass is 32.1. The lowest BCUT2D eigenvalue weighted by molar-refractivity contribution is 0.0937. The Kier molecular flexibility index (Phi) is 5.80. The molecule has 1 saturated heterocycles. The van der Waals surface area contributed by atoms with Crippen molar-refractivity contribution < 1.29 is 9.21 Å². The molecule has 5 rings (SSSR count). The summed E-state index contributed by atoms with van der Waals surface area (Å²) in [5.74, 6) is 1.05. The van der Waals surface area contributed by atoms with Crippen LogP contribution in [0, 0.1) is 12.8 Å². The van der Waals surface area contributed by atoms with E-state index in [1.165, 1.54) is 4.88 Å². The number of furan rings is 1. The molecule has 0 unspecified atom stereocenters. The molecule has 7 nitrogen and oxygen atoms in total. The second-order valence-electron chi connectivity index (χ2n) is 8.45. The van der Waals surface area contributed by atoms with E-state index in [2.05, 4.69) is 32.8 Å². The first-order chi connectivity index (χ1) is 15.6. The first-order valence-electron chi connectivity index (χ1n) is 11.0. The molecule has 0 aromatic carbocycles. The number of amides is 1. The Balaban J connectivity index is 1.28. The Bertz CT molecular complexity index is 1210. The van der Waals surface area contributed by atoms with Gasteiger partial charge in [0, 0.05) is 25.0 Å². The van der Waals surface area contributed by atoms with Gasteiger partial charge in [-0.05, 0) is 68.4 Å². The number of aromatic nitrogens is 3. The van der Waals surface area contributed by atoms with Gasteiger partial charge in [-0.25, -0.2) is 4.98 Å². The van der Waals surface area contributed by atoms with Gasteiger partial charge in [-0.1, -0.05) is 6.07 Å². The van der Waals surface area contributed by atoms with E-state index in [1.807, 2.05) is 43.5 Å². The Morgan fingerprint density at radius 1 is 1.28 bits per heavy atom. The summed E-state index contributed by atoms with van der Waals surface area (Å²) in [5, 5.41) is 10.6. The SMILES string of the molecule is Cc1nn(C)c2nc(-c3ccco3)cc(C(=O)NCC3CCN(Cc4cccs4)CC3)c12. The van der Waals surface area contributed by atoms with E-state index in [4.69, 9.17) is 9.40 Å². The molecule has 1 aliphatic heterocycles. The minimum atomic E-state index is -0.0812. The molecular formula is C24H27N5O2S. The van der Waals surface area contributed by atoms with Crippen molar-refractivity contribution >= 4 is 28.3 Å². The maximum atomic E-state index is 13.2. The van der Waals surface area contributed by atoms with Crippen LogP contribution < -0.4 is 5.32 Å². The predicted octanol–water partition coefficient (Wildman–Crippen LogP) is 4.24. The number of carbonyl (C=O) groups is 1. The average Bonchev–Trinajstić information content (AvgIpc) is 3.56.